The van der Waals surface area contributed by atoms with Gasteiger partial charge in [0.15, 0.2) is 5.82 Å². The number of thiophene rings is 1. The van der Waals surface area contributed by atoms with Gasteiger partial charge in [0.2, 0.25) is 0 Å². The molecule has 0 spiro atoms. The molecule has 0 radical (unpaired) electrons. The van der Waals surface area contributed by atoms with E-state index in [0.29, 0.717) is 12.2 Å². The van der Waals surface area contributed by atoms with Gasteiger partial charge in [0.05, 0.1) is 22.0 Å². The zero-order chi connectivity index (χ0) is 21.2. The maximum atomic E-state index is 6.72. The second-order valence-corrected chi connectivity index (χ2v) is 9.35. The van der Waals surface area contributed by atoms with Crippen LogP contribution in [0.2, 0.25) is 0 Å². The second kappa shape index (κ2) is 8.83. The van der Waals surface area contributed by atoms with Crippen molar-refractivity contribution in [1.29, 1.82) is 0 Å². The van der Waals surface area contributed by atoms with Crippen LogP contribution in [0.4, 0.5) is 0 Å². The van der Waals surface area contributed by atoms with Crippen molar-refractivity contribution in [2.75, 3.05) is 0 Å². The van der Waals surface area contributed by atoms with Gasteiger partial charge in [0, 0.05) is 24.0 Å². The number of hydrogen-bond acceptors (Lipinski definition) is 6. The first-order valence-electron chi connectivity index (χ1n) is 10.9. The molecule has 158 valence electrons. The molecule has 5 nitrogen and oxygen atoms in total. The van der Waals surface area contributed by atoms with Crippen molar-refractivity contribution >= 4 is 21.6 Å². The number of hydrogen-bond donors (Lipinski definition) is 2. The molecule has 4 aromatic rings. The SMILES string of the molecule is NC(Cc1ccccc1)C(N)c1nc(-c2ccncc2)nc2c(CCC3CC3)csc12. The van der Waals surface area contributed by atoms with E-state index < -0.39 is 0 Å². The molecule has 0 bridgehead atoms. The van der Waals surface area contributed by atoms with Gasteiger partial charge in [0.1, 0.15) is 0 Å². The highest BCUT2D eigenvalue weighted by Crippen LogP contribution is 2.37. The molecule has 4 N–H and O–H groups in total. The minimum atomic E-state index is -0.374. The van der Waals surface area contributed by atoms with Gasteiger partial charge in [-0.05, 0) is 53.8 Å². The first kappa shape index (κ1) is 20.2. The third-order valence-corrected chi connectivity index (χ3v) is 7.10. The Kier molecular flexibility index (Phi) is 5.76. The van der Waals surface area contributed by atoms with Gasteiger partial charge in [-0.2, -0.15) is 0 Å². The second-order valence-electron chi connectivity index (χ2n) is 8.47. The average Bonchev–Trinajstić information content (AvgIpc) is 3.56. The van der Waals surface area contributed by atoms with Crippen LogP contribution in [0.1, 0.15) is 42.1 Å². The fraction of sp³-hybridized carbons (Fsp3) is 0.320. The van der Waals surface area contributed by atoms with Crippen molar-refractivity contribution in [2.24, 2.45) is 17.4 Å². The number of rotatable bonds is 8. The van der Waals surface area contributed by atoms with Crippen LogP contribution in [0, 0.1) is 5.92 Å². The summed E-state index contributed by atoms with van der Waals surface area (Å²) in [7, 11) is 0. The van der Waals surface area contributed by atoms with Crippen molar-refractivity contribution in [3.05, 3.63) is 77.1 Å². The van der Waals surface area contributed by atoms with E-state index in [1.807, 2.05) is 30.3 Å². The summed E-state index contributed by atoms with van der Waals surface area (Å²) in [6, 6.07) is 13.5. The van der Waals surface area contributed by atoms with Gasteiger partial charge < -0.3 is 11.5 Å². The molecule has 1 aliphatic rings. The lowest BCUT2D eigenvalue weighted by molar-refractivity contribution is 0.537. The molecule has 1 aromatic carbocycles. The normalized spacial score (nSPS) is 15.8. The molecule has 6 heteroatoms. The summed E-state index contributed by atoms with van der Waals surface area (Å²) in [6.07, 6.45) is 9.26. The highest BCUT2D eigenvalue weighted by Gasteiger charge is 2.25. The van der Waals surface area contributed by atoms with E-state index in [0.717, 1.165) is 33.8 Å². The van der Waals surface area contributed by atoms with Gasteiger partial charge in [-0.3, -0.25) is 4.98 Å². The van der Waals surface area contributed by atoms with Crippen LogP contribution in [0.3, 0.4) is 0 Å². The molecule has 31 heavy (non-hydrogen) atoms. The fourth-order valence-electron chi connectivity index (χ4n) is 4.00. The Morgan fingerprint density at radius 1 is 1.00 bits per heavy atom. The van der Waals surface area contributed by atoms with Crippen molar-refractivity contribution in [2.45, 2.75) is 44.2 Å². The smallest absolute Gasteiger partial charge is 0.160 e. The number of nitrogens with zero attached hydrogens (tertiary/aromatic N) is 3. The molecular formula is C25H27N5S. The maximum Gasteiger partial charge on any atom is 0.160 e. The number of aromatic nitrogens is 3. The Morgan fingerprint density at radius 3 is 2.52 bits per heavy atom. The van der Waals surface area contributed by atoms with Gasteiger partial charge in [0.25, 0.3) is 0 Å². The predicted molar refractivity (Wildman–Crippen MR) is 127 cm³/mol. The van der Waals surface area contributed by atoms with E-state index in [9.17, 15) is 0 Å². The highest BCUT2D eigenvalue weighted by molar-refractivity contribution is 7.17. The molecule has 0 saturated heterocycles. The third-order valence-electron chi connectivity index (χ3n) is 6.06. The van der Waals surface area contributed by atoms with E-state index in [1.54, 1.807) is 23.7 Å². The summed E-state index contributed by atoms with van der Waals surface area (Å²) < 4.78 is 1.07. The number of pyridine rings is 1. The zero-order valence-electron chi connectivity index (χ0n) is 17.4. The summed E-state index contributed by atoms with van der Waals surface area (Å²) in [5, 5.41) is 2.23. The molecule has 3 heterocycles. The number of aryl methyl sites for hydroxylation is 1. The number of fused-ring (bicyclic) bond motifs is 1. The molecule has 3 aromatic heterocycles. The molecule has 5 rings (SSSR count). The van der Waals surface area contributed by atoms with Crippen molar-refractivity contribution in [1.82, 2.24) is 15.0 Å². The molecular weight excluding hydrogens is 402 g/mol. The topological polar surface area (TPSA) is 90.7 Å². The van der Waals surface area contributed by atoms with Crippen LogP contribution in [-0.4, -0.2) is 21.0 Å². The van der Waals surface area contributed by atoms with E-state index in [-0.39, 0.29) is 12.1 Å². The minimum Gasteiger partial charge on any atom is -0.326 e. The van der Waals surface area contributed by atoms with Crippen LogP contribution in [0.25, 0.3) is 21.6 Å². The largest absolute Gasteiger partial charge is 0.326 e. The monoisotopic (exact) mass is 429 g/mol. The zero-order valence-corrected chi connectivity index (χ0v) is 18.3. The molecule has 0 aliphatic heterocycles. The van der Waals surface area contributed by atoms with Crippen LogP contribution >= 0.6 is 11.3 Å². The summed E-state index contributed by atoms with van der Waals surface area (Å²) in [6.45, 7) is 0. The van der Waals surface area contributed by atoms with Crippen LogP contribution in [-0.2, 0) is 12.8 Å². The summed E-state index contributed by atoms with van der Waals surface area (Å²) in [4.78, 5) is 14.0. The average molecular weight is 430 g/mol. The fourth-order valence-corrected chi connectivity index (χ4v) is 5.08. The Morgan fingerprint density at radius 2 is 1.77 bits per heavy atom. The number of benzene rings is 1. The Hall–Kier alpha value is -2.67. The van der Waals surface area contributed by atoms with Gasteiger partial charge >= 0.3 is 0 Å². The van der Waals surface area contributed by atoms with Gasteiger partial charge in [-0.1, -0.05) is 43.2 Å². The Bertz CT molecular complexity index is 1150. The summed E-state index contributed by atoms with van der Waals surface area (Å²) in [5.74, 6) is 1.58. The molecule has 1 fully saturated rings. The Labute approximate surface area is 186 Å². The summed E-state index contributed by atoms with van der Waals surface area (Å²) in [5.41, 5.74) is 18.6. The van der Waals surface area contributed by atoms with E-state index in [2.05, 4.69) is 22.5 Å². The first-order chi connectivity index (χ1) is 15.2. The van der Waals surface area contributed by atoms with E-state index in [1.165, 1.54) is 30.4 Å². The van der Waals surface area contributed by atoms with Crippen molar-refractivity contribution in [3.63, 3.8) is 0 Å². The third kappa shape index (κ3) is 4.51. The predicted octanol–water partition coefficient (Wildman–Crippen LogP) is 4.67. The van der Waals surface area contributed by atoms with Crippen molar-refractivity contribution in [3.8, 4) is 11.4 Å². The van der Waals surface area contributed by atoms with Gasteiger partial charge in [-0.15, -0.1) is 11.3 Å². The highest BCUT2D eigenvalue weighted by atomic mass is 32.1. The lowest BCUT2D eigenvalue weighted by Gasteiger charge is -2.21. The minimum absolute atomic E-state index is 0.234. The lowest BCUT2D eigenvalue weighted by Crippen LogP contribution is -2.36. The molecule has 1 saturated carbocycles. The lowest BCUT2D eigenvalue weighted by atomic mass is 9.97. The number of nitrogens with two attached hydrogens (primary N) is 2. The maximum absolute atomic E-state index is 6.72. The van der Waals surface area contributed by atoms with E-state index in [4.69, 9.17) is 21.4 Å². The Balaban J connectivity index is 1.53. The molecule has 0 amide bonds. The van der Waals surface area contributed by atoms with Gasteiger partial charge in [-0.25, -0.2) is 9.97 Å². The molecule has 1 aliphatic carbocycles. The van der Waals surface area contributed by atoms with Crippen LogP contribution < -0.4 is 11.5 Å². The van der Waals surface area contributed by atoms with E-state index >= 15 is 0 Å². The standard InChI is InChI=1S/C25H27N5S/c26-20(14-17-4-2-1-3-5-17)21(27)23-24-22(19(15-31-24)9-8-16-6-7-16)29-25(30-23)18-10-12-28-13-11-18/h1-5,10-13,15-16,20-21H,6-9,14,26-27H2. The molecule has 2 atom stereocenters. The van der Waals surface area contributed by atoms with Crippen molar-refractivity contribution < 1.29 is 0 Å². The first-order valence-corrected chi connectivity index (χ1v) is 11.8. The molecule has 2 unspecified atom stereocenters. The quantitative estimate of drug-likeness (QED) is 0.425. The van der Waals surface area contributed by atoms with Crippen LogP contribution in [0.5, 0.6) is 0 Å². The summed E-state index contributed by atoms with van der Waals surface area (Å²) >= 11 is 1.70. The van der Waals surface area contributed by atoms with Crippen LogP contribution in [0.15, 0.2) is 60.2 Å².